The van der Waals surface area contributed by atoms with Crippen LogP contribution in [0.25, 0.3) is 0 Å². The largest absolute Gasteiger partial charge is 0.494 e. The van der Waals surface area contributed by atoms with Crippen molar-refractivity contribution in [1.29, 1.82) is 0 Å². The van der Waals surface area contributed by atoms with Crippen molar-refractivity contribution in [3.05, 3.63) is 52.0 Å². The van der Waals surface area contributed by atoms with Crippen LogP contribution in [-0.4, -0.2) is 38.2 Å². The maximum absolute atomic E-state index is 14.1. The molecule has 0 radical (unpaired) electrons. The zero-order valence-electron chi connectivity index (χ0n) is 12.8. The maximum atomic E-state index is 14.1. The number of nitrogens with one attached hydrogen (secondary N) is 1. The van der Waals surface area contributed by atoms with E-state index in [2.05, 4.69) is 27.7 Å². The minimum Gasteiger partial charge on any atom is -0.494 e. The number of piperazine rings is 1. The van der Waals surface area contributed by atoms with Crippen LogP contribution in [0.2, 0.25) is 0 Å². The third kappa shape index (κ3) is 4.58. The molecule has 23 heavy (non-hydrogen) atoms. The van der Waals surface area contributed by atoms with Gasteiger partial charge in [0.05, 0.1) is 13.2 Å². The zero-order chi connectivity index (χ0) is 14.7. The normalized spacial score (nSPS) is 16.1. The highest BCUT2D eigenvalue weighted by atomic mass is 35.5. The van der Waals surface area contributed by atoms with Gasteiger partial charge in [0.25, 0.3) is 0 Å². The maximum Gasteiger partial charge on any atom is 0.165 e. The molecule has 1 atom stereocenters. The Balaban J connectivity index is 0.00000132. The molecule has 7 heteroatoms. The van der Waals surface area contributed by atoms with Gasteiger partial charge in [-0.1, -0.05) is 12.1 Å². The van der Waals surface area contributed by atoms with Crippen LogP contribution >= 0.6 is 36.2 Å². The van der Waals surface area contributed by atoms with Gasteiger partial charge in [0, 0.05) is 31.1 Å². The van der Waals surface area contributed by atoms with Crippen molar-refractivity contribution in [2.24, 2.45) is 0 Å². The first kappa shape index (κ1) is 20.2. The molecule has 0 amide bonds. The summed E-state index contributed by atoms with van der Waals surface area (Å²) in [6.45, 7) is 3.88. The highest BCUT2D eigenvalue weighted by Gasteiger charge is 2.25. The van der Waals surface area contributed by atoms with Crippen LogP contribution in [0.3, 0.4) is 0 Å². The summed E-state index contributed by atoms with van der Waals surface area (Å²) in [6.07, 6.45) is 0. The van der Waals surface area contributed by atoms with E-state index in [4.69, 9.17) is 4.74 Å². The monoisotopic (exact) mass is 378 g/mol. The molecular weight excluding hydrogens is 358 g/mol. The molecular formula is C16H21Cl2FN2OS. The van der Waals surface area contributed by atoms with Gasteiger partial charge in [-0.05, 0) is 29.1 Å². The number of ether oxygens (including phenoxy) is 1. The van der Waals surface area contributed by atoms with Crippen LogP contribution in [0, 0.1) is 5.82 Å². The van der Waals surface area contributed by atoms with Gasteiger partial charge >= 0.3 is 0 Å². The van der Waals surface area contributed by atoms with Crippen molar-refractivity contribution >= 4 is 36.2 Å². The zero-order valence-corrected chi connectivity index (χ0v) is 15.3. The van der Waals surface area contributed by atoms with Crippen LogP contribution in [0.1, 0.15) is 16.5 Å². The van der Waals surface area contributed by atoms with Crippen LogP contribution < -0.4 is 10.1 Å². The Morgan fingerprint density at radius 2 is 1.96 bits per heavy atom. The molecule has 128 valence electrons. The van der Waals surface area contributed by atoms with Crippen LogP contribution in [0.5, 0.6) is 5.75 Å². The van der Waals surface area contributed by atoms with E-state index in [0.29, 0.717) is 5.75 Å². The fourth-order valence-corrected chi connectivity index (χ4v) is 3.68. The van der Waals surface area contributed by atoms with Gasteiger partial charge in [0.15, 0.2) is 11.6 Å². The molecule has 1 aromatic heterocycles. The lowest BCUT2D eigenvalue weighted by Gasteiger charge is -2.34. The predicted octanol–water partition coefficient (Wildman–Crippen LogP) is 3.73. The van der Waals surface area contributed by atoms with E-state index in [1.54, 1.807) is 23.5 Å². The Labute approximate surface area is 152 Å². The summed E-state index contributed by atoms with van der Waals surface area (Å²) >= 11 is 1.72. The molecule has 0 spiro atoms. The van der Waals surface area contributed by atoms with Crippen LogP contribution in [-0.2, 0) is 0 Å². The van der Waals surface area contributed by atoms with E-state index in [1.165, 1.54) is 12.0 Å². The first-order chi connectivity index (χ1) is 10.3. The topological polar surface area (TPSA) is 24.5 Å². The molecule has 1 fully saturated rings. The summed E-state index contributed by atoms with van der Waals surface area (Å²) in [6, 6.07) is 9.58. The number of hydrogen-bond acceptors (Lipinski definition) is 4. The molecule has 1 aliphatic rings. The number of benzene rings is 1. The Bertz CT molecular complexity index is 592. The highest BCUT2D eigenvalue weighted by Crippen LogP contribution is 2.33. The van der Waals surface area contributed by atoms with E-state index in [1.807, 2.05) is 6.07 Å². The number of rotatable bonds is 4. The lowest BCUT2D eigenvalue weighted by atomic mass is 10.0. The lowest BCUT2D eigenvalue weighted by Crippen LogP contribution is -2.45. The molecule has 0 bridgehead atoms. The summed E-state index contributed by atoms with van der Waals surface area (Å²) in [7, 11) is 1.49. The minimum absolute atomic E-state index is 0. The first-order valence-corrected chi connectivity index (χ1v) is 7.99. The lowest BCUT2D eigenvalue weighted by molar-refractivity contribution is 0.200. The Morgan fingerprint density at radius 3 is 2.52 bits per heavy atom. The fraction of sp³-hybridized carbons (Fsp3) is 0.375. The van der Waals surface area contributed by atoms with Crippen molar-refractivity contribution in [1.82, 2.24) is 10.2 Å². The Hall–Kier alpha value is -0.850. The molecule has 2 heterocycles. The molecule has 0 aliphatic carbocycles. The summed E-state index contributed by atoms with van der Waals surface area (Å²) in [4.78, 5) is 3.66. The third-order valence-electron chi connectivity index (χ3n) is 3.82. The Morgan fingerprint density at radius 1 is 1.22 bits per heavy atom. The second-order valence-corrected chi connectivity index (χ2v) is 6.08. The first-order valence-electron chi connectivity index (χ1n) is 7.11. The van der Waals surface area contributed by atoms with E-state index in [9.17, 15) is 4.39 Å². The van der Waals surface area contributed by atoms with E-state index in [-0.39, 0.29) is 36.7 Å². The quantitative estimate of drug-likeness (QED) is 0.876. The van der Waals surface area contributed by atoms with Gasteiger partial charge in [-0.2, -0.15) is 0 Å². The van der Waals surface area contributed by atoms with Crippen molar-refractivity contribution in [3.63, 3.8) is 0 Å². The fourth-order valence-electron chi connectivity index (χ4n) is 2.79. The SMILES string of the molecule is COc1ccc([C@H](c2cccs2)N2CCNCC2)cc1F.Cl.Cl. The van der Waals surface area contributed by atoms with Crippen molar-refractivity contribution in [3.8, 4) is 5.75 Å². The summed E-state index contributed by atoms with van der Waals surface area (Å²) in [5.74, 6) is -0.00400. The van der Waals surface area contributed by atoms with Gasteiger partial charge in [-0.3, -0.25) is 4.90 Å². The number of halogens is 3. The minimum atomic E-state index is -0.299. The average molecular weight is 379 g/mol. The van der Waals surface area contributed by atoms with Crippen molar-refractivity contribution in [2.75, 3.05) is 33.3 Å². The molecule has 0 saturated carbocycles. The second-order valence-electron chi connectivity index (χ2n) is 5.10. The highest BCUT2D eigenvalue weighted by molar-refractivity contribution is 7.10. The smallest absolute Gasteiger partial charge is 0.165 e. The van der Waals surface area contributed by atoms with E-state index in [0.717, 1.165) is 31.7 Å². The standard InChI is InChI=1S/C16H19FN2OS.2ClH/c1-20-14-5-4-12(11-13(14)17)16(15-3-2-10-21-15)19-8-6-18-7-9-19;;/h2-5,10-11,16,18H,6-9H2,1H3;2*1H/t16-;;/m1../s1. The van der Waals surface area contributed by atoms with Gasteiger partial charge in [0.1, 0.15) is 0 Å². The van der Waals surface area contributed by atoms with Crippen LogP contribution in [0.15, 0.2) is 35.7 Å². The predicted molar refractivity (Wildman–Crippen MR) is 98.1 cm³/mol. The van der Waals surface area contributed by atoms with Gasteiger partial charge in [-0.25, -0.2) is 4.39 Å². The molecule has 1 N–H and O–H groups in total. The molecule has 3 nitrogen and oxygen atoms in total. The molecule has 1 saturated heterocycles. The van der Waals surface area contributed by atoms with Gasteiger partial charge in [0.2, 0.25) is 0 Å². The van der Waals surface area contributed by atoms with Crippen molar-refractivity contribution in [2.45, 2.75) is 6.04 Å². The number of thiophene rings is 1. The summed E-state index contributed by atoms with van der Waals surface area (Å²) < 4.78 is 19.1. The van der Waals surface area contributed by atoms with Crippen LogP contribution in [0.4, 0.5) is 4.39 Å². The number of methoxy groups -OCH3 is 1. The molecule has 2 aromatic rings. The number of nitrogens with zero attached hydrogens (tertiary/aromatic N) is 1. The molecule has 1 aliphatic heterocycles. The Kier molecular flexibility index (Phi) is 8.29. The van der Waals surface area contributed by atoms with Gasteiger partial charge < -0.3 is 10.1 Å². The molecule has 3 rings (SSSR count). The summed E-state index contributed by atoms with van der Waals surface area (Å²) in [5.41, 5.74) is 0.984. The third-order valence-corrected chi connectivity index (χ3v) is 4.75. The molecule has 1 aromatic carbocycles. The van der Waals surface area contributed by atoms with Gasteiger partial charge in [-0.15, -0.1) is 36.2 Å². The van der Waals surface area contributed by atoms with E-state index < -0.39 is 0 Å². The average Bonchev–Trinajstić information content (AvgIpc) is 3.03. The number of hydrogen-bond donors (Lipinski definition) is 1. The van der Waals surface area contributed by atoms with Crippen molar-refractivity contribution < 1.29 is 9.13 Å². The molecule has 0 unspecified atom stereocenters. The van der Waals surface area contributed by atoms with E-state index >= 15 is 0 Å². The summed E-state index contributed by atoms with van der Waals surface area (Å²) in [5, 5.41) is 5.44. The second kappa shape index (κ2) is 9.45.